The number of H-pyrrole nitrogens is 1. The third-order valence-corrected chi connectivity index (χ3v) is 1.72. The molecule has 1 rings (SSSR count). The highest BCUT2D eigenvalue weighted by Crippen LogP contribution is 1.92. The van der Waals surface area contributed by atoms with Crippen LogP contribution in [-0.4, -0.2) is 29.8 Å². The number of nitrogens with zero attached hydrogens (tertiary/aromatic N) is 1. The first-order valence-corrected chi connectivity index (χ1v) is 4.18. The molecule has 0 amide bonds. The van der Waals surface area contributed by atoms with Crippen LogP contribution in [0.2, 0.25) is 0 Å². The molecule has 0 spiro atoms. The van der Waals surface area contributed by atoms with Gasteiger partial charge in [0, 0.05) is 30.9 Å². The minimum absolute atomic E-state index is 0.491. The fourth-order valence-corrected chi connectivity index (χ4v) is 1.04. The van der Waals surface area contributed by atoms with Crippen molar-refractivity contribution in [3.63, 3.8) is 0 Å². The van der Waals surface area contributed by atoms with Crippen molar-refractivity contribution in [3.8, 4) is 0 Å². The van der Waals surface area contributed by atoms with Crippen LogP contribution >= 0.6 is 0 Å². The van der Waals surface area contributed by atoms with Crippen molar-refractivity contribution in [2.45, 2.75) is 19.5 Å². The van der Waals surface area contributed by atoms with Crippen LogP contribution in [0.5, 0.6) is 0 Å². The molecule has 1 atom stereocenters. The third kappa shape index (κ3) is 3.02. The van der Waals surface area contributed by atoms with Crippen LogP contribution in [0, 0.1) is 0 Å². The summed E-state index contributed by atoms with van der Waals surface area (Å²) >= 11 is 0. The molecule has 1 unspecified atom stereocenters. The third-order valence-electron chi connectivity index (χ3n) is 1.72. The number of aromatic nitrogens is 2. The van der Waals surface area contributed by atoms with Gasteiger partial charge in [-0.3, -0.25) is 5.10 Å². The Kier molecular flexibility index (Phi) is 3.76. The Labute approximate surface area is 72.8 Å². The summed E-state index contributed by atoms with van der Waals surface area (Å²) in [7, 11) is 1.95. The van der Waals surface area contributed by atoms with Crippen molar-refractivity contribution in [2.75, 3.05) is 13.6 Å². The molecular formula is C8H16N4. The topological polar surface area (TPSA) is 52.7 Å². The number of aromatic amines is 1. The highest BCUT2D eigenvalue weighted by atomic mass is 15.1. The van der Waals surface area contributed by atoms with E-state index in [1.54, 1.807) is 0 Å². The maximum atomic E-state index is 3.87. The summed E-state index contributed by atoms with van der Waals surface area (Å²) in [6.07, 6.45) is 3.73. The molecule has 0 aliphatic rings. The quantitative estimate of drug-likeness (QED) is 0.585. The maximum Gasteiger partial charge on any atom is 0.0532 e. The first kappa shape index (κ1) is 9.22. The van der Waals surface area contributed by atoms with Crippen molar-refractivity contribution >= 4 is 0 Å². The van der Waals surface area contributed by atoms with Crippen LogP contribution < -0.4 is 10.6 Å². The zero-order valence-electron chi connectivity index (χ0n) is 7.59. The molecule has 0 bridgehead atoms. The molecule has 0 radical (unpaired) electrons. The molecule has 0 aliphatic heterocycles. The lowest BCUT2D eigenvalue weighted by molar-refractivity contribution is 0.523. The maximum absolute atomic E-state index is 3.87. The summed E-state index contributed by atoms with van der Waals surface area (Å²) in [5, 5.41) is 13.1. The van der Waals surface area contributed by atoms with Crippen molar-refractivity contribution in [2.24, 2.45) is 0 Å². The van der Waals surface area contributed by atoms with Gasteiger partial charge in [0.05, 0.1) is 6.20 Å². The molecular weight excluding hydrogens is 152 g/mol. The Morgan fingerprint density at radius 3 is 3.08 bits per heavy atom. The highest BCUT2D eigenvalue weighted by Gasteiger charge is 1.99. The standard InChI is InChI=1S/C8H16N4/c1-7(3-9-2)10-4-8-5-11-12-6-8/h5-7,9-10H,3-4H2,1-2H3,(H,11,12). The van der Waals surface area contributed by atoms with Gasteiger partial charge in [-0.2, -0.15) is 5.10 Å². The average Bonchev–Trinajstić information content (AvgIpc) is 2.53. The Morgan fingerprint density at radius 2 is 2.50 bits per heavy atom. The van der Waals surface area contributed by atoms with Crippen molar-refractivity contribution < 1.29 is 0 Å². The number of hydrogen-bond acceptors (Lipinski definition) is 3. The molecule has 4 heteroatoms. The van der Waals surface area contributed by atoms with E-state index in [0.29, 0.717) is 6.04 Å². The fourth-order valence-electron chi connectivity index (χ4n) is 1.04. The van der Waals surface area contributed by atoms with Crippen molar-refractivity contribution in [1.29, 1.82) is 0 Å². The normalized spacial score (nSPS) is 13.2. The van der Waals surface area contributed by atoms with Crippen molar-refractivity contribution in [3.05, 3.63) is 18.0 Å². The summed E-state index contributed by atoms with van der Waals surface area (Å²) in [6, 6.07) is 0.491. The second-order valence-electron chi connectivity index (χ2n) is 2.95. The number of likely N-dealkylation sites (N-methyl/N-ethyl adjacent to an activating group) is 1. The molecule has 0 aliphatic carbocycles. The van der Waals surface area contributed by atoms with Crippen LogP contribution in [0.4, 0.5) is 0 Å². The lowest BCUT2D eigenvalue weighted by atomic mass is 10.3. The van der Waals surface area contributed by atoms with Crippen LogP contribution in [0.3, 0.4) is 0 Å². The van der Waals surface area contributed by atoms with Gasteiger partial charge in [0.2, 0.25) is 0 Å². The van der Waals surface area contributed by atoms with Gasteiger partial charge in [0.1, 0.15) is 0 Å². The molecule has 0 saturated carbocycles. The minimum Gasteiger partial charge on any atom is -0.318 e. The van der Waals surface area contributed by atoms with E-state index in [0.717, 1.165) is 13.1 Å². The van der Waals surface area contributed by atoms with E-state index in [2.05, 4.69) is 27.8 Å². The molecule has 4 nitrogen and oxygen atoms in total. The first-order chi connectivity index (χ1) is 5.83. The van der Waals surface area contributed by atoms with Crippen LogP contribution in [0.15, 0.2) is 12.4 Å². The zero-order chi connectivity index (χ0) is 8.81. The predicted octanol–water partition coefficient (Wildman–Crippen LogP) is 0.107. The summed E-state index contributed by atoms with van der Waals surface area (Å²) in [5.74, 6) is 0. The van der Waals surface area contributed by atoms with Gasteiger partial charge < -0.3 is 10.6 Å². The second-order valence-corrected chi connectivity index (χ2v) is 2.95. The van der Waals surface area contributed by atoms with Crippen molar-refractivity contribution in [1.82, 2.24) is 20.8 Å². The van der Waals surface area contributed by atoms with Gasteiger partial charge in [-0.05, 0) is 14.0 Å². The molecule has 12 heavy (non-hydrogen) atoms. The van der Waals surface area contributed by atoms with Gasteiger partial charge in [-0.25, -0.2) is 0 Å². The molecule has 1 aromatic heterocycles. The first-order valence-electron chi connectivity index (χ1n) is 4.18. The average molecular weight is 168 g/mol. The second kappa shape index (κ2) is 4.90. The molecule has 1 heterocycles. The Balaban J connectivity index is 2.17. The largest absolute Gasteiger partial charge is 0.318 e. The van der Waals surface area contributed by atoms with Gasteiger partial charge in [-0.15, -0.1) is 0 Å². The molecule has 0 fully saturated rings. The molecule has 1 aromatic rings. The molecule has 3 N–H and O–H groups in total. The predicted molar refractivity (Wildman–Crippen MR) is 48.8 cm³/mol. The number of hydrogen-bond donors (Lipinski definition) is 3. The summed E-state index contributed by atoms with van der Waals surface area (Å²) in [4.78, 5) is 0. The lowest BCUT2D eigenvalue weighted by Crippen LogP contribution is -2.34. The van der Waals surface area contributed by atoms with E-state index < -0.39 is 0 Å². The van der Waals surface area contributed by atoms with E-state index in [1.807, 2.05) is 19.4 Å². The highest BCUT2D eigenvalue weighted by molar-refractivity contribution is 5.01. The van der Waals surface area contributed by atoms with Gasteiger partial charge >= 0.3 is 0 Å². The van der Waals surface area contributed by atoms with Crippen LogP contribution in [0.25, 0.3) is 0 Å². The Hall–Kier alpha value is -0.870. The summed E-state index contributed by atoms with van der Waals surface area (Å²) in [5.41, 5.74) is 1.19. The molecule has 0 aromatic carbocycles. The fraction of sp³-hybridized carbons (Fsp3) is 0.625. The van der Waals surface area contributed by atoms with Crippen LogP contribution in [-0.2, 0) is 6.54 Å². The monoisotopic (exact) mass is 168 g/mol. The van der Waals surface area contributed by atoms with Gasteiger partial charge in [0.15, 0.2) is 0 Å². The van der Waals surface area contributed by atoms with Gasteiger partial charge in [-0.1, -0.05) is 0 Å². The molecule has 68 valence electrons. The van der Waals surface area contributed by atoms with Crippen LogP contribution in [0.1, 0.15) is 12.5 Å². The molecule has 0 saturated heterocycles. The van der Waals surface area contributed by atoms with E-state index in [1.165, 1.54) is 5.56 Å². The lowest BCUT2D eigenvalue weighted by Gasteiger charge is -2.11. The van der Waals surface area contributed by atoms with E-state index in [4.69, 9.17) is 0 Å². The smallest absolute Gasteiger partial charge is 0.0532 e. The minimum atomic E-state index is 0.491. The Bertz CT molecular complexity index is 195. The van der Waals surface area contributed by atoms with E-state index in [-0.39, 0.29) is 0 Å². The van der Waals surface area contributed by atoms with E-state index >= 15 is 0 Å². The summed E-state index contributed by atoms with van der Waals surface area (Å²) < 4.78 is 0. The van der Waals surface area contributed by atoms with Gasteiger partial charge in [0.25, 0.3) is 0 Å². The summed E-state index contributed by atoms with van der Waals surface area (Å²) in [6.45, 7) is 4.01. The Morgan fingerprint density at radius 1 is 1.67 bits per heavy atom. The number of rotatable bonds is 5. The number of nitrogens with one attached hydrogen (secondary N) is 3. The van der Waals surface area contributed by atoms with E-state index in [9.17, 15) is 0 Å². The SMILES string of the molecule is CNCC(C)NCc1cn[nH]c1. The zero-order valence-corrected chi connectivity index (χ0v) is 7.59.